The Kier molecular flexibility index (Phi) is 5.77. The minimum atomic E-state index is -0.110. The van der Waals surface area contributed by atoms with Crippen molar-refractivity contribution < 1.29 is 10.2 Å². The molecule has 4 aliphatic rings. The summed E-state index contributed by atoms with van der Waals surface area (Å²) in [4.78, 5) is 0. The van der Waals surface area contributed by atoms with Crippen LogP contribution in [0.1, 0.15) is 98.3 Å². The molecule has 0 amide bonds. The molecule has 0 bridgehead atoms. The standard InChI is InChI=1S/C26H44O2/c1-17(2)6-5-7-24(28)23-11-10-21-20-9-8-18-16-19(27)12-14-25(18,3)22(20)13-15-26(21,23)4/h8,17,19-24,27-28H,5-7,9-16H2,1-4H3. The summed E-state index contributed by atoms with van der Waals surface area (Å²) in [6.07, 6.45) is 15.2. The molecule has 4 rings (SSSR count). The summed E-state index contributed by atoms with van der Waals surface area (Å²) in [6, 6.07) is 0. The first kappa shape index (κ1) is 20.9. The molecule has 0 spiro atoms. The Bertz CT molecular complexity index is 595. The van der Waals surface area contributed by atoms with Crippen molar-refractivity contribution >= 4 is 0 Å². The minimum Gasteiger partial charge on any atom is -0.393 e. The fourth-order valence-corrected chi connectivity index (χ4v) is 8.25. The summed E-state index contributed by atoms with van der Waals surface area (Å²) in [5.74, 6) is 3.65. The first-order valence-corrected chi connectivity index (χ1v) is 12.3. The number of aliphatic hydroxyl groups excluding tert-OH is 2. The molecule has 0 saturated heterocycles. The first-order valence-electron chi connectivity index (χ1n) is 12.3. The molecule has 8 atom stereocenters. The van der Waals surface area contributed by atoms with E-state index in [1.165, 1.54) is 51.4 Å². The van der Waals surface area contributed by atoms with Gasteiger partial charge in [0.05, 0.1) is 12.2 Å². The van der Waals surface area contributed by atoms with Crippen molar-refractivity contribution in [1.29, 1.82) is 0 Å². The molecule has 0 heterocycles. The van der Waals surface area contributed by atoms with Gasteiger partial charge in [0.1, 0.15) is 0 Å². The van der Waals surface area contributed by atoms with Crippen LogP contribution in [0.2, 0.25) is 0 Å². The Hall–Kier alpha value is -0.340. The third-order valence-electron chi connectivity index (χ3n) is 9.90. The molecule has 28 heavy (non-hydrogen) atoms. The van der Waals surface area contributed by atoms with Gasteiger partial charge in [-0.25, -0.2) is 0 Å². The van der Waals surface area contributed by atoms with Gasteiger partial charge in [-0.05, 0) is 98.2 Å². The van der Waals surface area contributed by atoms with Crippen LogP contribution in [0.3, 0.4) is 0 Å². The number of hydrogen-bond acceptors (Lipinski definition) is 2. The van der Waals surface area contributed by atoms with Crippen LogP contribution in [0.15, 0.2) is 11.6 Å². The second-order valence-corrected chi connectivity index (χ2v) is 11.8. The molecule has 3 fully saturated rings. The molecule has 2 nitrogen and oxygen atoms in total. The maximum Gasteiger partial charge on any atom is 0.0577 e. The number of allylic oxidation sites excluding steroid dienone is 1. The molecule has 0 radical (unpaired) electrons. The Morgan fingerprint density at radius 3 is 2.57 bits per heavy atom. The molecule has 2 N–H and O–H groups in total. The van der Waals surface area contributed by atoms with Crippen molar-refractivity contribution in [2.24, 2.45) is 40.4 Å². The van der Waals surface area contributed by atoms with E-state index in [1.807, 2.05) is 0 Å². The number of aliphatic hydroxyl groups is 2. The van der Waals surface area contributed by atoms with Crippen molar-refractivity contribution in [3.8, 4) is 0 Å². The summed E-state index contributed by atoms with van der Waals surface area (Å²) < 4.78 is 0. The van der Waals surface area contributed by atoms with Crippen LogP contribution >= 0.6 is 0 Å². The van der Waals surface area contributed by atoms with Gasteiger partial charge in [0.15, 0.2) is 0 Å². The lowest BCUT2D eigenvalue weighted by Crippen LogP contribution is -2.51. The maximum absolute atomic E-state index is 11.1. The highest BCUT2D eigenvalue weighted by Gasteiger charge is 2.59. The summed E-state index contributed by atoms with van der Waals surface area (Å²) in [7, 11) is 0. The molecule has 160 valence electrons. The van der Waals surface area contributed by atoms with Crippen LogP contribution in [-0.2, 0) is 0 Å². The Morgan fingerprint density at radius 1 is 1.04 bits per heavy atom. The van der Waals surface area contributed by atoms with Crippen molar-refractivity contribution in [2.75, 3.05) is 0 Å². The molecule has 0 aromatic carbocycles. The average Bonchev–Trinajstić information content (AvgIpc) is 2.99. The molecule has 0 aliphatic heterocycles. The zero-order chi connectivity index (χ0) is 20.1. The maximum atomic E-state index is 11.1. The molecular formula is C26H44O2. The van der Waals surface area contributed by atoms with Crippen molar-refractivity contribution in [1.82, 2.24) is 0 Å². The van der Waals surface area contributed by atoms with Gasteiger partial charge in [0.25, 0.3) is 0 Å². The predicted molar refractivity (Wildman–Crippen MR) is 116 cm³/mol. The summed E-state index contributed by atoms with van der Waals surface area (Å²) in [6.45, 7) is 9.62. The SMILES string of the molecule is CC(C)CCCC(O)C1CCC2C3CC=C4CC(O)CCC4(C)C3CCC12C. The van der Waals surface area contributed by atoms with Crippen molar-refractivity contribution in [2.45, 2.75) is 111 Å². The van der Waals surface area contributed by atoms with Crippen molar-refractivity contribution in [3.63, 3.8) is 0 Å². The van der Waals surface area contributed by atoms with Gasteiger partial charge in [-0.2, -0.15) is 0 Å². The summed E-state index contributed by atoms with van der Waals surface area (Å²) in [5, 5.41) is 21.3. The Labute approximate surface area is 173 Å². The molecule has 3 saturated carbocycles. The van der Waals surface area contributed by atoms with Crippen LogP contribution in [0.25, 0.3) is 0 Å². The molecule has 2 heteroatoms. The molecule has 8 unspecified atom stereocenters. The smallest absolute Gasteiger partial charge is 0.0577 e. The first-order chi connectivity index (χ1) is 13.3. The Balaban J connectivity index is 1.49. The number of fused-ring (bicyclic) bond motifs is 5. The lowest BCUT2D eigenvalue weighted by Gasteiger charge is -2.58. The van der Waals surface area contributed by atoms with E-state index in [2.05, 4.69) is 33.8 Å². The van der Waals surface area contributed by atoms with E-state index in [-0.39, 0.29) is 12.2 Å². The predicted octanol–water partition coefficient (Wildman–Crippen LogP) is 6.11. The number of hydrogen-bond donors (Lipinski definition) is 2. The molecule has 0 aromatic rings. The lowest BCUT2D eigenvalue weighted by atomic mass is 9.47. The van der Waals surface area contributed by atoms with E-state index in [4.69, 9.17) is 0 Å². The van der Waals surface area contributed by atoms with Gasteiger partial charge in [0, 0.05) is 0 Å². The highest BCUT2D eigenvalue weighted by atomic mass is 16.3. The van der Waals surface area contributed by atoms with E-state index < -0.39 is 0 Å². The van der Waals surface area contributed by atoms with Gasteiger partial charge in [-0.15, -0.1) is 0 Å². The highest BCUT2D eigenvalue weighted by molar-refractivity contribution is 5.25. The summed E-state index contributed by atoms with van der Waals surface area (Å²) in [5.41, 5.74) is 2.24. The Morgan fingerprint density at radius 2 is 1.82 bits per heavy atom. The van der Waals surface area contributed by atoms with Crippen LogP contribution in [0.5, 0.6) is 0 Å². The zero-order valence-electron chi connectivity index (χ0n) is 18.8. The molecular weight excluding hydrogens is 344 g/mol. The van der Waals surface area contributed by atoms with Crippen molar-refractivity contribution in [3.05, 3.63) is 11.6 Å². The fourth-order valence-electron chi connectivity index (χ4n) is 8.25. The number of rotatable bonds is 5. The van der Waals surface area contributed by atoms with Gasteiger partial charge in [-0.3, -0.25) is 0 Å². The van der Waals surface area contributed by atoms with Gasteiger partial charge < -0.3 is 10.2 Å². The van der Waals surface area contributed by atoms with E-state index in [0.717, 1.165) is 42.9 Å². The lowest BCUT2D eigenvalue weighted by molar-refractivity contribution is -0.0717. The van der Waals surface area contributed by atoms with Crippen LogP contribution < -0.4 is 0 Å². The van der Waals surface area contributed by atoms with Crippen LogP contribution in [0, 0.1) is 40.4 Å². The highest BCUT2D eigenvalue weighted by Crippen LogP contribution is 2.66. The fraction of sp³-hybridized carbons (Fsp3) is 0.923. The summed E-state index contributed by atoms with van der Waals surface area (Å²) >= 11 is 0. The molecule has 0 aromatic heterocycles. The normalized spacial score (nSPS) is 46.5. The third kappa shape index (κ3) is 3.41. The zero-order valence-corrected chi connectivity index (χ0v) is 18.8. The quantitative estimate of drug-likeness (QED) is 0.558. The van der Waals surface area contributed by atoms with Crippen LogP contribution in [-0.4, -0.2) is 22.4 Å². The van der Waals surface area contributed by atoms with Gasteiger partial charge >= 0.3 is 0 Å². The second kappa shape index (κ2) is 7.73. The molecule has 4 aliphatic carbocycles. The van der Waals surface area contributed by atoms with E-state index >= 15 is 0 Å². The minimum absolute atomic E-state index is 0.0968. The van der Waals surface area contributed by atoms with Gasteiger partial charge in [-0.1, -0.05) is 52.2 Å². The second-order valence-electron chi connectivity index (χ2n) is 11.8. The topological polar surface area (TPSA) is 40.5 Å². The van der Waals surface area contributed by atoms with E-state index in [9.17, 15) is 10.2 Å². The largest absolute Gasteiger partial charge is 0.393 e. The van der Waals surface area contributed by atoms with Crippen LogP contribution in [0.4, 0.5) is 0 Å². The van der Waals surface area contributed by atoms with Gasteiger partial charge in [0.2, 0.25) is 0 Å². The monoisotopic (exact) mass is 388 g/mol. The van der Waals surface area contributed by atoms with E-state index in [1.54, 1.807) is 5.57 Å². The average molecular weight is 389 g/mol. The third-order valence-corrected chi connectivity index (χ3v) is 9.90. The van der Waals surface area contributed by atoms with E-state index in [0.29, 0.717) is 16.7 Å².